The van der Waals surface area contributed by atoms with Gasteiger partial charge >= 0.3 is 5.97 Å². The number of aliphatic carboxylic acids is 1. The number of nitrogens with zero attached hydrogens (tertiary/aromatic N) is 2. The number of rotatable bonds is 4. The van der Waals surface area contributed by atoms with E-state index < -0.39 is 5.97 Å². The molecule has 2 heterocycles. The average molecular weight is 392 g/mol. The Morgan fingerprint density at radius 2 is 1.62 bits per heavy atom. The average Bonchev–Trinajstić information content (AvgIpc) is 2.90. The monoisotopic (exact) mass is 392 g/mol. The number of aryl methyl sites for hydroxylation is 2. The third-order valence-corrected chi connectivity index (χ3v) is 6.16. The molecule has 0 spiro atoms. The van der Waals surface area contributed by atoms with Crippen LogP contribution >= 0.6 is 0 Å². The lowest BCUT2D eigenvalue weighted by Gasteiger charge is -2.34. The summed E-state index contributed by atoms with van der Waals surface area (Å²) in [7, 11) is 0. The molecule has 1 amide bonds. The Balaban J connectivity index is 1.60. The molecule has 0 aliphatic carbocycles. The van der Waals surface area contributed by atoms with Crippen molar-refractivity contribution in [1.82, 2.24) is 4.90 Å². The van der Waals surface area contributed by atoms with Crippen LogP contribution in [0.5, 0.6) is 0 Å². The number of amides is 1. The van der Waals surface area contributed by atoms with Crippen molar-refractivity contribution in [3.63, 3.8) is 0 Å². The number of piperidine rings is 1. The maximum atomic E-state index is 13.6. The zero-order valence-electron chi connectivity index (χ0n) is 16.9. The van der Waals surface area contributed by atoms with Crippen molar-refractivity contribution >= 4 is 23.3 Å². The van der Waals surface area contributed by atoms with Gasteiger partial charge in [-0.25, -0.2) is 0 Å². The minimum Gasteiger partial charge on any atom is -0.481 e. The number of hydrogen-bond donors (Lipinski definition) is 1. The van der Waals surface area contributed by atoms with E-state index in [0.29, 0.717) is 13.1 Å². The van der Waals surface area contributed by atoms with Crippen molar-refractivity contribution < 1.29 is 14.7 Å². The number of carboxylic acids is 1. The highest BCUT2D eigenvalue weighted by Crippen LogP contribution is 2.37. The summed E-state index contributed by atoms with van der Waals surface area (Å²) < 4.78 is 0. The highest BCUT2D eigenvalue weighted by molar-refractivity contribution is 6.03. The molecule has 2 aliphatic heterocycles. The Kier molecular flexibility index (Phi) is 5.67. The number of para-hydroxylation sites is 2. The number of carbonyl (C=O) groups is 2. The van der Waals surface area contributed by atoms with Crippen LogP contribution in [0.3, 0.4) is 0 Å². The molecule has 2 unspecified atom stereocenters. The van der Waals surface area contributed by atoms with Gasteiger partial charge in [0.05, 0.1) is 17.3 Å². The standard InChI is InChI=1S/C24H28N2O3/c1-17(15-25-14-6-9-20(16-25)24(28)29)23(27)26-21-10-4-2-7-18(21)12-13-19-8-3-5-11-22(19)26/h2-5,7-8,10-11,17,20H,6,9,12-16H2,1H3,(H,28,29). The van der Waals surface area contributed by atoms with Crippen LogP contribution in [0.1, 0.15) is 30.9 Å². The summed E-state index contributed by atoms with van der Waals surface area (Å²) in [5.74, 6) is -1.21. The molecule has 2 atom stereocenters. The van der Waals surface area contributed by atoms with Crippen molar-refractivity contribution in [2.45, 2.75) is 32.6 Å². The molecule has 2 aromatic rings. The Labute approximate surface area is 171 Å². The number of hydrogen-bond acceptors (Lipinski definition) is 3. The zero-order chi connectivity index (χ0) is 20.4. The number of carbonyl (C=O) groups excluding carboxylic acids is 1. The summed E-state index contributed by atoms with van der Waals surface area (Å²) in [5, 5.41) is 9.35. The molecule has 2 aliphatic rings. The summed E-state index contributed by atoms with van der Waals surface area (Å²) in [5.41, 5.74) is 4.31. The van der Waals surface area contributed by atoms with Crippen LogP contribution in [0.15, 0.2) is 48.5 Å². The Hall–Kier alpha value is -2.66. The van der Waals surface area contributed by atoms with E-state index in [-0.39, 0.29) is 17.7 Å². The smallest absolute Gasteiger partial charge is 0.307 e. The van der Waals surface area contributed by atoms with Crippen LogP contribution < -0.4 is 4.90 Å². The third kappa shape index (κ3) is 4.06. The van der Waals surface area contributed by atoms with E-state index in [0.717, 1.165) is 43.6 Å². The van der Waals surface area contributed by atoms with Crippen LogP contribution in [-0.4, -0.2) is 41.5 Å². The normalized spacial score (nSPS) is 20.3. The van der Waals surface area contributed by atoms with Gasteiger partial charge in [0.15, 0.2) is 0 Å². The molecule has 0 aromatic heterocycles. The molecule has 1 N–H and O–H groups in total. The molecule has 5 heteroatoms. The van der Waals surface area contributed by atoms with Gasteiger partial charge in [0.25, 0.3) is 0 Å². The number of benzene rings is 2. The Morgan fingerprint density at radius 1 is 1.03 bits per heavy atom. The van der Waals surface area contributed by atoms with Crippen molar-refractivity contribution in [3.8, 4) is 0 Å². The van der Waals surface area contributed by atoms with E-state index in [1.54, 1.807) is 0 Å². The maximum Gasteiger partial charge on any atom is 0.307 e. The van der Waals surface area contributed by atoms with Gasteiger partial charge in [-0.2, -0.15) is 0 Å². The molecule has 0 saturated carbocycles. The highest BCUT2D eigenvalue weighted by atomic mass is 16.4. The van der Waals surface area contributed by atoms with E-state index in [4.69, 9.17) is 0 Å². The van der Waals surface area contributed by atoms with Gasteiger partial charge in [0.2, 0.25) is 5.91 Å². The molecule has 4 rings (SSSR count). The molecular formula is C24H28N2O3. The van der Waals surface area contributed by atoms with E-state index in [9.17, 15) is 14.7 Å². The SMILES string of the molecule is CC(CN1CCCC(C(=O)O)C1)C(=O)N1c2ccccc2CCc2ccccc21. The minimum atomic E-state index is -0.732. The second-order valence-electron chi connectivity index (χ2n) is 8.27. The fourth-order valence-electron chi connectivity index (χ4n) is 4.63. The zero-order valence-corrected chi connectivity index (χ0v) is 16.9. The Morgan fingerprint density at radius 3 is 2.21 bits per heavy atom. The summed E-state index contributed by atoms with van der Waals surface area (Å²) in [6.45, 7) is 3.93. The van der Waals surface area contributed by atoms with Crippen molar-refractivity contribution in [2.75, 3.05) is 24.5 Å². The molecule has 0 radical (unpaired) electrons. The predicted molar refractivity (Wildman–Crippen MR) is 113 cm³/mol. The predicted octanol–water partition coefficient (Wildman–Crippen LogP) is 3.88. The molecule has 5 nitrogen and oxygen atoms in total. The van der Waals surface area contributed by atoms with Crippen LogP contribution in [0.2, 0.25) is 0 Å². The van der Waals surface area contributed by atoms with Crippen LogP contribution in [0.4, 0.5) is 11.4 Å². The largest absolute Gasteiger partial charge is 0.481 e. The summed E-state index contributed by atoms with van der Waals surface area (Å²) in [6, 6.07) is 16.3. The Bertz CT molecular complexity index is 863. The summed E-state index contributed by atoms with van der Waals surface area (Å²) in [6.07, 6.45) is 3.42. The third-order valence-electron chi connectivity index (χ3n) is 6.16. The highest BCUT2D eigenvalue weighted by Gasteiger charge is 2.32. The van der Waals surface area contributed by atoms with E-state index in [1.165, 1.54) is 11.1 Å². The fraction of sp³-hybridized carbons (Fsp3) is 0.417. The maximum absolute atomic E-state index is 13.6. The van der Waals surface area contributed by atoms with E-state index in [1.807, 2.05) is 48.2 Å². The molecular weight excluding hydrogens is 364 g/mol. The first-order chi connectivity index (χ1) is 14.0. The number of carboxylic acid groups (broad SMARTS) is 1. The van der Waals surface area contributed by atoms with Gasteiger partial charge in [-0.1, -0.05) is 43.3 Å². The summed E-state index contributed by atoms with van der Waals surface area (Å²) in [4.78, 5) is 29.1. The van der Waals surface area contributed by atoms with E-state index in [2.05, 4.69) is 17.0 Å². The van der Waals surface area contributed by atoms with Gasteiger partial charge in [0.1, 0.15) is 0 Å². The second kappa shape index (κ2) is 8.37. The number of fused-ring (bicyclic) bond motifs is 2. The molecule has 1 fully saturated rings. The number of likely N-dealkylation sites (tertiary alicyclic amines) is 1. The molecule has 2 aromatic carbocycles. The fourth-order valence-corrected chi connectivity index (χ4v) is 4.63. The van der Waals surface area contributed by atoms with Crippen molar-refractivity contribution in [3.05, 3.63) is 59.7 Å². The van der Waals surface area contributed by atoms with Gasteiger partial charge in [0, 0.05) is 19.0 Å². The van der Waals surface area contributed by atoms with Crippen molar-refractivity contribution in [1.29, 1.82) is 0 Å². The first-order valence-corrected chi connectivity index (χ1v) is 10.5. The van der Waals surface area contributed by atoms with Crippen LogP contribution in [0.25, 0.3) is 0 Å². The van der Waals surface area contributed by atoms with Gasteiger partial charge in [-0.05, 0) is 55.5 Å². The second-order valence-corrected chi connectivity index (χ2v) is 8.27. The molecule has 152 valence electrons. The van der Waals surface area contributed by atoms with E-state index >= 15 is 0 Å². The first-order valence-electron chi connectivity index (χ1n) is 10.5. The van der Waals surface area contributed by atoms with Crippen LogP contribution in [-0.2, 0) is 22.4 Å². The quantitative estimate of drug-likeness (QED) is 0.858. The van der Waals surface area contributed by atoms with Crippen LogP contribution in [0, 0.1) is 11.8 Å². The van der Waals surface area contributed by atoms with Gasteiger partial charge in [-0.3, -0.25) is 14.5 Å². The lowest BCUT2D eigenvalue weighted by molar-refractivity contribution is -0.143. The van der Waals surface area contributed by atoms with Crippen molar-refractivity contribution in [2.24, 2.45) is 11.8 Å². The minimum absolute atomic E-state index is 0.0734. The van der Waals surface area contributed by atoms with Gasteiger partial charge < -0.3 is 10.0 Å². The molecule has 29 heavy (non-hydrogen) atoms. The lowest BCUT2D eigenvalue weighted by Crippen LogP contribution is -2.44. The lowest BCUT2D eigenvalue weighted by atomic mass is 9.97. The topological polar surface area (TPSA) is 60.9 Å². The molecule has 0 bridgehead atoms. The number of anilines is 2. The van der Waals surface area contributed by atoms with Gasteiger partial charge in [-0.15, -0.1) is 0 Å². The molecule has 1 saturated heterocycles. The first kappa shape index (κ1) is 19.6. The summed E-state index contributed by atoms with van der Waals surface area (Å²) >= 11 is 0.